The van der Waals surface area contributed by atoms with Gasteiger partial charge in [-0.25, -0.2) is 4.98 Å². The summed E-state index contributed by atoms with van der Waals surface area (Å²) in [6.45, 7) is 10.4. The van der Waals surface area contributed by atoms with Crippen LogP contribution >= 0.6 is 0 Å². The molecular formula is C21H23N5. The molecule has 2 aromatic carbocycles. The zero-order valence-corrected chi connectivity index (χ0v) is 14.8. The maximum atomic E-state index is 6.36. The van der Waals surface area contributed by atoms with Gasteiger partial charge in [0.05, 0.1) is 16.9 Å². The van der Waals surface area contributed by atoms with Gasteiger partial charge in [-0.2, -0.15) is 0 Å². The molecule has 26 heavy (non-hydrogen) atoms. The molecule has 0 unspecified atom stereocenters. The summed E-state index contributed by atoms with van der Waals surface area (Å²) in [6, 6.07) is 12.1. The number of rotatable bonds is 7. The van der Waals surface area contributed by atoms with Crippen molar-refractivity contribution in [1.29, 1.82) is 0 Å². The van der Waals surface area contributed by atoms with Crippen molar-refractivity contribution in [2.45, 2.75) is 6.92 Å². The molecule has 5 nitrogen and oxygen atoms in total. The Morgan fingerprint density at radius 1 is 1.31 bits per heavy atom. The van der Waals surface area contributed by atoms with Crippen LogP contribution in [0.2, 0.25) is 0 Å². The zero-order valence-electron chi connectivity index (χ0n) is 14.8. The topological polar surface area (TPSA) is 78.8 Å². The molecule has 0 amide bonds. The zero-order chi connectivity index (χ0) is 18.5. The molecule has 0 saturated heterocycles. The van der Waals surface area contributed by atoms with Gasteiger partial charge in [-0.1, -0.05) is 55.7 Å². The number of nitrogen functional groups attached to an aromatic ring is 1. The molecule has 3 aromatic rings. The number of benzene rings is 2. The van der Waals surface area contributed by atoms with E-state index in [0.717, 1.165) is 40.0 Å². The monoisotopic (exact) mass is 345 g/mol. The number of aromatic amines is 1. The molecule has 132 valence electrons. The van der Waals surface area contributed by atoms with Crippen molar-refractivity contribution in [2.24, 2.45) is 0 Å². The van der Waals surface area contributed by atoms with Gasteiger partial charge < -0.3 is 21.4 Å². The lowest BCUT2D eigenvalue weighted by atomic mass is 9.99. The summed E-state index contributed by atoms with van der Waals surface area (Å²) in [4.78, 5) is 7.83. The fourth-order valence-corrected chi connectivity index (χ4v) is 2.78. The van der Waals surface area contributed by atoms with Crippen LogP contribution in [0.5, 0.6) is 0 Å². The second-order valence-corrected chi connectivity index (χ2v) is 5.85. The second-order valence-electron chi connectivity index (χ2n) is 5.85. The molecule has 1 aromatic heterocycles. The minimum absolute atomic E-state index is 0.652. The molecule has 0 aliphatic carbocycles. The van der Waals surface area contributed by atoms with Crippen molar-refractivity contribution in [3.8, 4) is 11.1 Å². The number of hydrogen-bond donors (Lipinski definition) is 4. The number of imidazole rings is 1. The summed E-state index contributed by atoms with van der Waals surface area (Å²) in [6.07, 6.45) is 5.56. The van der Waals surface area contributed by atoms with E-state index in [9.17, 15) is 0 Å². The molecule has 0 saturated carbocycles. The molecule has 0 spiro atoms. The van der Waals surface area contributed by atoms with Crippen molar-refractivity contribution >= 4 is 28.7 Å². The lowest BCUT2D eigenvalue weighted by Gasteiger charge is -2.09. The molecule has 0 aliphatic heterocycles. The van der Waals surface area contributed by atoms with Crippen LogP contribution in [0.25, 0.3) is 28.2 Å². The Morgan fingerprint density at radius 3 is 2.92 bits per heavy atom. The van der Waals surface area contributed by atoms with Gasteiger partial charge in [-0.15, -0.1) is 0 Å². The van der Waals surface area contributed by atoms with Crippen molar-refractivity contribution in [2.75, 3.05) is 17.6 Å². The van der Waals surface area contributed by atoms with Crippen molar-refractivity contribution in [1.82, 2.24) is 15.3 Å². The predicted octanol–water partition coefficient (Wildman–Crippen LogP) is 4.50. The molecular weight excluding hydrogens is 322 g/mol. The van der Waals surface area contributed by atoms with Gasteiger partial charge in [0.15, 0.2) is 0 Å². The lowest BCUT2D eigenvalue weighted by Crippen LogP contribution is -2.18. The van der Waals surface area contributed by atoms with Gasteiger partial charge in [0.2, 0.25) is 5.95 Å². The third-order valence-corrected chi connectivity index (χ3v) is 4.01. The Morgan fingerprint density at radius 2 is 2.15 bits per heavy atom. The molecule has 1 heterocycles. The SMILES string of the molecule is C=C/C=C\c1cccc(-c2ccc3[nH]c(NC(=C)NCC)nc3c2)c1N. The minimum atomic E-state index is 0.652. The minimum Gasteiger partial charge on any atom is -0.398 e. The van der Waals surface area contributed by atoms with Gasteiger partial charge in [-0.05, 0) is 30.2 Å². The van der Waals surface area contributed by atoms with E-state index in [2.05, 4.69) is 33.8 Å². The van der Waals surface area contributed by atoms with Crippen LogP contribution in [-0.2, 0) is 0 Å². The van der Waals surface area contributed by atoms with E-state index in [1.165, 1.54) is 0 Å². The number of para-hydroxylation sites is 1. The highest BCUT2D eigenvalue weighted by Crippen LogP contribution is 2.31. The summed E-state index contributed by atoms with van der Waals surface area (Å²) < 4.78 is 0. The molecule has 5 heteroatoms. The average Bonchev–Trinajstić information content (AvgIpc) is 3.02. The molecule has 0 fully saturated rings. The number of allylic oxidation sites excluding steroid dienone is 2. The quantitative estimate of drug-likeness (QED) is 0.375. The van der Waals surface area contributed by atoms with Crippen molar-refractivity contribution in [3.05, 3.63) is 73.1 Å². The number of fused-ring (bicyclic) bond motifs is 1. The Labute approximate surface area is 153 Å². The first-order chi connectivity index (χ1) is 12.6. The number of hydrogen-bond acceptors (Lipinski definition) is 4. The van der Waals surface area contributed by atoms with Gasteiger partial charge in [0.1, 0.15) is 0 Å². The van der Waals surface area contributed by atoms with E-state index < -0.39 is 0 Å². The third kappa shape index (κ3) is 3.62. The average molecular weight is 345 g/mol. The van der Waals surface area contributed by atoms with E-state index >= 15 is 0 Å². The van der Waals surface area contributed by atoms with Crippen LogP contribution < -0.4 is 16.4 Å². The smallest absolute Gasteiger partial charge is 0.206 e. The van der Waals surface area contributed by atoms with Crippen molar-refractivity contribution in [3.63, 3.8) is 0 Å². The molecule has 0 radical (unpaired) electrons. The number of aromatic nitrogens is 2. The number of nitrogens with two attached hydrogens (primary N) is 1. The van der Waals surface area contributed by atoms with E-state index in [4.69, 9.17) is 5.73 Å². The lowest BCUT2D eigenvalue weighted by molar-refractivity contribution is 0.860. The third-order valence-electron chi connectivity index (χ3n) is 4.01. The summed E-state index contributed by atoms with van der Waals surface area (Å²) in [5.74, 6) is 1.36. The van der Waals surface area contributed by atoms with Crippen LogP contribution in [0.4, 0.5) is 11.6 Å². The highest BCUT2D eigenvalue weighted by atomic mass is 15.2. The van der Waals surface area contributed by atoms with Crippen LogP contribution in [0, 0.1) is 0 Å². The summed E-state index contributed by atoms with van der Waals surface area (Å²) >= 11 is 0. The van der Waals surface area contributed by atoms with E-state index in [-0.39, 0.29) is 0 Å². The van der Waals surface area contributed by atoms with E-state index in [0.29, 0.717) is 11.8 Å². The standard InChI is InChI=1S/C21H23N5/c1-4-6-8-15-9-7-10-17(20(15)22)16-11-12-18-19(13-16)26-21(25-18)24-14(3)23-5-2/h4,6-13,23H,1,3,5,22H2,2H3,(H2,24,25,26)/b8-6-. The van der Waals surface area contributed by atoms with Crippen LogP contribution in [0.1, 0.15) is 12.5 Å². The summed E-state index contributed by atoms with van der Waals surface area (Å²) in [5, 5.41) is 6.23. The van der Waals surface area contributed by atoms with Crippen LogP contribution in [0.3, 0.4) is 0 Å². The fraction of sp³-hybridized carbons (Fsp3) is 0.0952. The summed E-state index contributed by atoms with van der Waals surface area (Å²) in [7, 11) is 0. The van der Waals surface area contributed by atoms with Crippen molar-refractivity contribution < 1.29 is 0 Å². The maximum absolute atomic E-state index is 6.36. The largest absolute Gasteiger partial charge is 0.398 e. The van der Waals surface area contributed by atoms with Gasteiger partial charge in [-0.3, -0.25) is 0 Å². The molecule has 0 aliphatic rings. The van der Waals surface area contributed by atoms with Gasteiger partial charge in [0, 0.05) is 17.8 Å². The Balaban J connectivity index is 1.95. The van der Waals surface area contributed by atoms with Gasteiger partial charge >= 0.3 is 0 Å². The van der Waals surface area contributed by atoms with E-state index in [1.54, 1.807) is 6.08 Å². The Kier molecular flexibility index (Phi) is 5.08. The second kappa shape index (κ2) is 7.61. The van der Waals surface area contributed by atoms with E-state index in [1.807, 2.05) is 55.5 Å². The van der Waals surface area contributed by atoms with Crippen LogP contribution in [-0.4, -0.2) is 16.5 Å². The number of nitrogens with one attached hydrogen (secondary N) is 3. The first-order valence-corrected chi connectivity index (χ1v) is 8.50. The fourth-order valence-electron chi connectivity index (χ4n) is 2.78. The molecule has 3 rings (SSSR count). The first kappa shape index (κ1) is 17.4. The predicted molar refractivity (Wildman–Crippen MR) is 112 cm³/mol. The Bertz CT molecular complexity index is 981. The van der Waals surface area contributed by atoms with Crippen LogP contribution in [0.15, 0.2) is 67.5 Å². The Hall–Kier alpha value is -3.47. The number of anilines is 2. The highest BCUT2D eigenvalue weighted by molar-refractivity contribution is 5.89. The van der Waals surface area contributed by atoms with Gasteiger partial charge in [0.25, 0.3) is 0 Å². The molecule has 5 N–H and O–H groups in total. The summed E-state index contributed by atoms with van der Waals surface area (Å²) in [5.41, 5.74) is 11.9. The molecule has 0 bridgehead atoms. The number of nitrogens with zero attached hydrogens (tertiary/aromatic N) is 1. The normalized spacial score (nSPS) is 11.0. The first-order valence-electron chi connectivity index (χ1n) is 8.50. The number of H-pyrrole nitrogens is 1. The highest BCUT2D eigenvalue weighted by Gasteiger charge is 2.09. The molecule has 0 atom stereocenters. The maximum Gasteiger partial charge on any atom is 0.206 e.